The normalized spacial score (nSPS) is 15.6. The first-order chi connectivity index (χ1) is 8.88. The quantitative estimate of drug-likeness (QED) is 0.895. The SMILES string of the molecule is CN(CCNC1CC1)c1ncc(Br)cc1C(F)(F)F. The lowest BCUT2D eigenvalue weighted by Gasteiger charge is -2.22. The molecule has 1 aromatic rings. The molecule has 0 aliphatic heterocycles. The Kier molecular flexibility index (Phi) is 4.35. The topological polar surface area (TPSA) is 28.2 Å². The number of hydrogen-bond acceptors (Lipinski definition) is 3. The van der Waals surface area contributed by atoms with Crippen molar-refractivity contribution in [3.8, 4) is 0 Å². The number of rotatable bonds is 5. The highest BCUT2D eigenvalue weighted by atomic mass is 79.9. The zero-order chi connectivity index (χ0) is 14.0. The number of nitrogens with one attached hydrogen (secondary N) is 1. The minimum absolute atomic E-state index is 0.0340. The molecular formula is C12H15BrF3N3. The van der Waals surface area contributed by atoms with E-state index < -0.39 is 11.7 Å². The first-order valence-corrected chi connectivity index (χ1v) is 6.84. The third-order valence-corrected chi connectivity index (χ3v) is 3.39. The molecule has 1 aromatic heterocycles. The Bertz CT molecular complexity index is 446. The average molecular weight is 338 g/mol. The molecule has 0 atom stereocenters. The largest absolute Gasteiger partial charge is 0.419 e. The Morgan fingerprint density at radius 1 is 1.47 bits per heavy atom. The zero-order valence-electron chi connectivity index (χ0n) is 10.5. The highest BCUT2D eigenvalue weighted by Crippen LogP contribution is 2.36. The van der Waals surface area contributed by atoms with Crippen LogP contribution >= 0.6 is 15.9 Å². The fourth-order valence-corrected chi connectivity index (χ4v) is 2.11. The van der Waals surface area contributed by atoms with E-state index in [0.717, 1.165) is 18.9 Å². The van der Waals surface area contributed by atoms with Crippen LogP contribution in [0.25, 0.3) is 0 Å². The smallest absolute Gasteiger partial charge is 0.358 e. The molecule has 1 heterocycles. The van der Waals surface area contributed by atoms with Crippen molar-refractivity contribution in [2.75, 3.05) is 25.0 Å². The van der Waals surface area contributed by atoms with Gasteiger partial charge in [0.25, 0.3) is 0 Å². The average Bonchev–Trinajstić information content (AvgIpc) is 3.11. The molecular weight excluding hydrogens is 323 g/mol. The van der Waals surface area contributed by atoms with Crippen molar-refractivity contribution in [2.24, 2.45) is 0 Å². The van der Waals surface area contributed by atoms with Gasteiger partial charge in [-0.2, -0.15) is 13.2 Å². The van der Waals surface area contributed by atoms with E-state index in [0.29, 0.717) is 23.6 Å². The van der Waals surface area contributed by atoms with Crippen LogP contribution < -0.4 is 10.2 Å². The summed E-state index contributed by atoms with van der Waals surface area (Å²) in [5.41, 5.74) is -0.712. The number of halogens is 4. The first-order valence-electron chi connectivity index (χ1n) is 6.05. The maximum atomic E-state index is 12.9. The third kappa shape index (κ3) is 4.07. The van der Waals surface area contributed by atoms with Crippen LogP contribution in [0.4, 0.5) is 19.0 Å². The Hall–Kier alpha value is -0.820. The molecule has 1 saturated carbocycles. The minimum Gasteiger partial charge on any atom is -0.358 e. The maximum absolute atomic E-state index is 12.9. The van der Waals surface area contributed by atoms with Gasteiger partial charge in [-0.05, 0) is 34.8 Å². The van der Waals surface area contributed by atoms with E-state index in [2.05, 4.69) is 26.2 Å². The molecule has 3 nitrogen and oxygen atoms in total. The maximum Gasteiger partial charge on any atom is 0.419 e. The standard InChI is InChI=1S/C12H15BrF3N3/c1-19(5-4-17-9-2-3-9)11-10(12(14,15)16)6-8(13)7-18-11/h6-7,9,17H,2-5H2,1H3. The number of alkyl halides is 3. The number of hydrogen-bond donors (Lipinski definition) is 1. The van der Waals surface area contributed by atoms with Gasteiger partial charge in [0.15, 0.2) is 0 Å². The van der Waals surface area contributed by atoms with Crippen LogP contribution in [-0.2, 0) is 6.18 Å². The summed E-state index contributed by atoms with van der Waals surface area (Å²) < 4.78 is 39.2. The van der Waals surface area contributed by atoms with Gasteiger partial charge in [-0.15, -0.1) is 0 Å². The van der Waals surface area contributed by atoms with Crippen LogP contribution in [0.1, 0.15) is 18.4 Å². The third-order valence-electron chi connectivity index (χ3n) is 2.96. The van der Waals surface area contributed by atoms with Gasteiger partial charge in [-0.25, -0.2) is 4.98 Å². The lowest BCUT2D eigenvalue weighted by molar-refractivity contribution is -0.137. The van der Waals surface area contributed by atoms with Crippen molar-refractivity contribution in [3.63, 3.8) is 0 Å². The molecule has 1 aliphatic carbocycles. The Labute approximate surface area is 118 Å². The molecule has 0 saturated heterocycles. The molecule has 19 heavy (non-hydrogen) atoms. The van der Waals surface area contributed by atoms with E-state index in [-0.39, 0.29) is 5.82 Å². The second-order valence-electron chi connectivity index (χ2n) is 4.67. The van der Waals surface area contributed by atoms with E-state index in [1.54, 1.807) is 7.05 Å². The zero-order valence-corrected chi connectivity index (χ0v) is 12.1. The molecule has 0 unspecified atom stereocenters. The van der Waals surface area contributed by atoms with Gasteiger partial charge in [0.2, 0.25) is 0 Å². The fraction of sp³-hybridized carbons (Fsp3) is 0.583. The molecule has 1 aliphatic rings. The molecule has 106 valence electrons. The molecule has 0 aromatic carbocycles. The van der Waals surface area contributed by atoms with Crippen LogP contribution in [0.15, 0.2) is 16.7 Å². The monoisotopic (exact) mass is 337 g/mol. The first kappa shape index (κ1) is 14.6. The number of likely N-dealkylation sites (N-methyl/N-ethyl adjacent to an activating group) is 1. The van der Waals surface area contributed by atoms with E-state index >= 15 is 0 Å². The van der Waals surface area contributed by atoms with Crippen LogP contribution in [0.5, 0.6) is 0 Å². The van der Waals surface area contributed by atoms with Gasteiger partial charge in [0.1, 0.15) is 5.82 Å². The summed E-state index contributed by atoms with van der Waals surface area (Å²) in [6.45, 7) is 1.16. The predicted octanol–water partition coefficient (Wildman–Crippen LogP) is 3.05. The summed E-state index contributed by atoms with van der Waals surface area (Å²) >= 11 is 3.02. The summed E-state index contributed by atoms with van der Waals surface area (Å²) in [7, 11) is 1.63. The van der Waals surface area contributed by atoms with Crippen molar-refractivity contribution >= 4 is 21.7 Å². The van der Waals surface area contributed by atoms with Crippen LogP contribution in [0.2, 0.25) is 0 Å². The Morgan fingerprint density at radius 2 is 2.16 bits per heavy atom. The van der Waals surface area contributed by atoms with Crippen LogP contribution in [-0.4, -0.2) is 31.2 Å². The lowest BCUT2D eigenvalue weighted by Crippen LogP contribution is -2.32. The van der Waals surface area contributed by atoms with Gasteiger partial charge in [-0.1, -0.05) is 0 Å². The fourth-order valence-electron chi connectivity index (χ4n) is 1.77. The molecule has 0 spiro atoms. The highest BCUT2D eigenvalue weighted by molar-refractivity contribution is 9.10. The number of nitrogens with zero attached hydrogens (tertiary/aromatic N) is 2. The van der Waals surface area contributed by atoms with Gasteiger partial charge in [0, 0.05) is 36.8 Å². The van der Waals surface area contributed by atoms with Crippen LogP contribution in [0.3, 0.4) is 0 Å². The number of aromatic nitrogens is 1. The predicted molar refractivity (Wildman–Crippen MR) is 71.2 cm³/mol. The second-order valence-corrected chi connectivity index (χ2v) is 5.59. The number of anilines is 1. The van der Waals surface area contributed by atoms with E-state index in [9.17, 15) is 13.2 Å². The second kappa shape index (κ2) is 5.66. The molecule has 0 amide bonds. The van der Waals surface area contributed by atoms with Crippen molar-refractivity contribution in [3.05, 3.63) is 22.3 Å². The summed E-state index contributed by atoms with van der Waals surface area (Å²) in [5, 5.41) is 3.27. The van der Waals surface area contributed by atoms with Crippen molar-refractivity contribution in [1.29, 1.82) is 0 Å². The summed E-state index contributed by atoms with van der Waals surface area (Å²) in [6.07, 6.45) is -0.693. The van der Waals surface area contributed by atoms with E-state index in [1.165, 1.54) is 11.1 Å². The molecule has 2 rings (SSSR count). The summed E-state index contributed by atoms with van der Waals surface area (Å²) in [4.78, 5) is 5.42. The molecule has 1 fully saturated rings. The van der Waals surface area contributed by atoms with E-state index in [4.69, 9.17) is 0 Å². The summed E-state index contributed by atoms with van der Waals surface area (Å²) in [5.74, 6) is -0.0340. The summed E-state index contributed by atoms with van der Waals surface area (Å²) in [6, 6.07) is 1.61. The van der Waals surface area contributed by atoms with E-state index in [1.807, 2.05) is 0 Å². The van der Waals surface area contributed by atoms with Crippen molar-refractivity contribution < 1.29 is 13.2 Å². The molecule has 0 radical (unpaired) electrons. The van der Waals surface area contributed by atoms with Gasteiger partial charge in [0.05, 0.1) is 5.56 Å². The molecule has 1 N–H and O–H groups in total. The lowest BCUT2D eigenvalue weighted by atomic mass is 10.2. The Balaban J connectivity index is 2.08. The van der Waals surface area contributed by atoms with Crippen LogP contribution in [0, 0.1) is 0 Å². The van der Waals surface area contributed by atoms with Gasteiger partial charge < -0.3 is 10.2 Å². The Morgan fingerprint density at radius 3 is 2.74 bits per heavy atom. The van der Waals surface area contributed by atoms with Gasteiger partial charge >= 0.3 is 6.18 Å². The van der Waals surface area contributed by atoms with Crippen molar-refractivity contribution in [1.82, 2.24) is 10.3 Å². The molecule has 7 heteroatoms. The minimum atomic E-state index is -4.40. The van der Waals surface area contributed by atoms with Crippen molar-refractivity contribution in [2.45, 2.75) is 25.1 Å². The molecule has 0 bridgehead atoms. The van der Waals surface area contributed by atoms with Gasteiger partial charge in [-0.3, -0.25) is 0 Å². The highest BCUT2D eigenvalue weighted by Gasteiger charge is 2.35. The number of pyridine rings is 1.